The molecule has 5 heteroatoms. The number of hydrogen-bond acceptors (Lipinski definition) is 4. The van der Waals surface area contributed by atoms with Gasteiger partial charge in [-0.25, -0.2) is 0 Å². The molecule has 0 saturated carbocycles. The summed E-state index contributed by atoms with van der Waals surface area (Å²) in [6.45, 7) is 2.80. The third-order valence-corrected chi connectivity index (χ3v) is 5.72. The van der Waals surface area contributed by atoms with E-state index in [4.69, 9.17) is 9.47 Å². The number of carbonyl (C=O) groups excluding carboxylic acids is 1. The molecule has 0 radical (unpaired) electrons. The number of amides is 1. The number of carbonyl (C=O) groups is 1. The Morgan fingerprint density at radius 3 is 3.08 bits per heavy atom. The zero-order chi connectivity index (χ0) is 17.1. The highest BCUT2D eigenvalue weighted by molar-refractivity contribution is 5.80. The smallest absolute Gasteiger partial charge is 0.226 e. The molecule has 0 N–H and O–H groups in total. The third kappa shape index (κ3) is 3.56. The van der Waals surface area contributed by atoms with E-state index >= 15 is 0 Å². The summed E-state index contributed by atoms with van der Waals surface area (Å²) >= 11 is 0. The van der Waals surface area contributed by atoms with E-state index in [1.165, 1.54) is 18.4 Å². The molecule has 3 aliphatic rings. The lowest BCUT2D eigenvalue weighted by molar-refractivity contribution is -0.166. The van der Waals surface area contributed by atoms with Crippen LogP contribution in [0.2, 0.25) is 0 Å². The van der Waals surface area contributed by atoms with Crippen molar-refractivity contribution in [3.63, 3.8) is 0 Å². The van der Waals surface area contributed by atoms with Crippen molar-refractivity contribution < 1.29 is 14.3 Å². The predicted molar refractivity (Wildman–Crippen MR) is 94.3 cm³/mol. The molecule has 0 aromatic carbocycles. The summed E-state index contributed by atoms with van der Waals surface area (Å²) in [5.41, 5.74) is 1.12. The molecule has 5 nitrogen and oxygen atoms in total. The molecule has 2 aliphatic heterocycles. The van der Waals surface area contributed by atoms with Crippen molar-refractivity contribution in [3.8, 4) is 5.75 Å². The molecule has 1 atom stereocenters. The van der Waals surface area contributed by atoms with Gasteiger partial charge in [0.1, 0.15) is 11.4 Å². The molecular weight excluding hydrogens is 316 g/mol. The number of allylic oxidation sites excluding steroid dienone is 1. The maximum Gasteiger partial charge on any atom is 0.226 e. The Hall–Kier alpha value is -1.88. The molecule has 25 heavy (non-hydrogen) atoms. The molecule has 1 aromatic rings. The van der Waals surface area contributed by atoms with Crippen molar-refractivity contribution in [1.29, 1.82) is 0 Å². The Balaban J connectivity index is 1.29. The van der Waals surface area contributed by atoms with E-state index in [2.05, 4.69) is 11.1 Å². The van der Waals surface area contributed by atoms with Crippen LogP contribution in [0.4, 0.5) is 0 Å². The van der Waals surface area contributed by atoms with Gasteiger partial charge in [0.25, 0.3) is 0 Å². The molecule has 134 valence electrons. The average molecular weight is 342 g/mol. The third-order valence-electron chi connectivity index (χ3n) is 5.72. The molecule has 3 heterocycles. The number of pyridine rings is 1. The van der Waals surface area contributed by atoms with Crippen LogP contribution in [0.3, 0.4) is 0 Å². The lowest BCUT2D eigenvalue weighted by Gasteiger charge is -2.50. The molecule has 1 spiro atoms. The first-order valence-corrected chi connectivity index (χ1v) is 9.38. The second-order valence-electron chi connectivity index (χ2n) is 7.43. The van der Waals surface area contributed by atoms with Gasteiger partial charge in [-0.05, 0) is 44.2 Å². The fraction of sp³-hybridized carbons (Fsp3) is 0.600. The van der Waals surface area contributed by atoms with Gasteiger partial charge in [0, 0.05) is 25.1 Å². The van der Waals surface area contributed by atoms with Gasteiger partial charge in [-0.15, -0.1) is 0 Å². The second-order valence-corrected chi connectivity index (χ2v) is 7.43. The molecule has 2 fully saturated rings. The van der Waals surface area contributed by atoms with Crippen LogP contribution in [0.5, 0.6) is 5.75 Å². The molecular formula is C20H26N2O3. The van der Waals surface area contributed by atoms with Crippen molar-refractivity contribution in [3.05, 3.63) is 36.2 Å². The van der Waals surface area contributed by atoms with Gasteiger partial charge in [-0.2, -0.15) is 0 Å². The summed E-state index contributed by atoms with van der Waals surface area (Å²) in [6.07, 6.45) is 12.0. The number of nitrogens with zero attached hydrogens (tertiary/aromatic N) is 2. The van der Waals surface area contributed by atoms with E-state index in [-0.39, 0.29) is 11.5 Å². The fourth-order valence-electron chi connectivity index (χ4n) is 4.15. The summed E-state index contributed by atoms with van der Waals surface area (Å²) in [7, 11) is 0. The Bertz CT molecular complexity index is 638. The Morgan fingerprint density at radius 1 is 1.40 bits per heavy atom. The van der Waals surface area contributed by atoms with Crippen LogP contribution in [0.1, 0.15) is 38.5 Å². The highest BCUT2D eigenvalue weighted by Gasteiger charge is 2.54. The van der Waals surface area contributed by atoms with Crippen molar-refractivity contribution in [2.75, 3.05) is 26.3 Å². The maximum atomic E-state index is 12.5. The molecule has 1 amide bonds. The monoisotopic (exact) mass is 342 g/mol. The zero-order valence-electron chi connectivity index (χ0n) is 14.7. The van der Waals surface area contributed by atoms with Gasteiger partial charge in [0.15, 0.2) is 0 Å². The Kier molecular flexibility index (Phi) is 4.75. The molecule has 1 aliphatic carbocycles. The highest BCUT2D eigenvalue weighted by atomic mass is 16.5. The van der Waals surface area contributed by atoms with E-state index in [1.807, 2.05) is 17.0 Å². The minimum atomic E-state index is -0.196. The zero-order valence-corrected chi connectivity index (χ0v) is 14.7. The van der Waals surface area contributed by atoms with Gasteiger partial charge < -0.3 is 14.4 Å². The largest absolute Gasteiger partial charge is 0.492 e. The topological polar surface area (TPSA) is 51.7 Å². The Morgan fingerprint density at radius 2 is 2.32 bits per heavy atom. The van der Waals surface area contributed by atoms with E-state index < -0.39 is 0 Å². The van der Waals surface area contributed by atoms with Gasteiger partial charge in [-0.3, -0.25) is 9.78 Å². The van der Waals surface area contributed by atoms with Crippen LogP contribution >= 0.6 is 0 Å². The van der Waals surface area contributed by atoms with Crippen molar-refractivity contribution in [2.24, 2.45) is 5.92 Å². The van der Waals surface area contributed by atoms with Crippen molar-refractivity contribution >= 4 is 5.91 Å². The lowest BCUT2D eigenvalue weighted by atomic mass is 9.81. The van der Waals surface area contributed by atoms with Crippen LogP contribution < -0.4 is 4.74 Å². The van der Waals surface area contributed by atoms with Crippen LogP contribution in [0.25, 0.3) is 0 Å². The first-order valence-electron chi connectivity index (χ1n) is 9.38. The number of likely N-dealkylation sites (tertiary alicyclic amines) is 1. The summed E-state index contributed by atoms with van der Waals surface area (Å²) in [5, 5.41) is 0. The van der Waals surface area contributed by atoms with Gasteiger partial charge in [0.05, 0.1) is 25.9 Å². The Labute approximate surface area is 149 Å². The molecule has 0 bridgehead atoms. The molecule has 4 rings (SSSR count). The summed E-state index contributed by atoms with van der Waals surface area (Å²) < 4.78 is 11.9. The number of hydrogen-bond donors (Lipinski definition) is 0. The molecule has 0 unspecified atom stereocenters. The minimum Gasteiger partial charge on any atom is -0.492 e. The fourth-order valence-corrected chi connectivity index (χ4v) is 4.15. The minimum absolute atomic E-state index is 0.196. The number of ether oxygens (including phenoxy) is 2. The standard InChI is InChI=1S/C20H26N2O3/c23-19(11-16-5-2-1-3-6-16)22-14-20(15-22)17(8-10-25-20)13-24-18-7-4-9-21-12-18/h4-5,7,9,12,17H,1-3,6,8,10-11,13-15H2/t17-/m0/s1. The van der Waals surface area contributed by atoms with E-state index in [9.17, 15) is 4.79 Å². The summed E-state index contributed by atoms with van der Waals surface area (Å²) in [4.78, 5) is 18.5. The van der Waals surface area contributed by atoms with E-state index in [0.717, 1.165) is 31.6 Å². The molecule has 2 saturated heterocycles. The van der Waals surface area contributed by atoms with E-state index in [1.54, 1.807) is 12.4 Å². The number of rotatable bonds is 5. The van der Waals surface area contributed by atoms with Crippen molar-refractivity contribution in [2.45, 2.75) is 44.1 Å². The summed E-state index contributed by atoms with van der Waals surface area (Å²) in [6, 6.07) is 3.80. The first-order chi connectivity index (χ1) is 12.3. The van der Waals surface area contributed by atoms with Gasteiger partial charge in [0.2, 0.25) is 5.91 Å². The lowest BCUT2D eigenvalue weighted by Crippen LogP contribution is -2.66. The summed E-state index contributed by atoms with van der Waals surface area (Å²) in [5.74, 6) is 1.38. The van der Waals surface area contributed by atoms with Crippen LogP contribution in [-0.4, -0.2) is 47.7 Å². The van der Waals surface area contributed by atoms with Gasteiger partial charge >= 0.3 is 0 Å². The second kappa shape index (κ2) is 7.16. The average Bonchev–Trinajstić information content (AvgIpc) is 3.04. The normalized spacial score (nSPS) is 24.7. The SMILES string of the molecule is O=C(CC1=CCCCC1)N1CC2(C1)OCC[C@H]2COc1cccnc1. The first kappa shape index (κ1) is 16.6. The van der Waals surface area contributed by atoms with Crippen LogP contribution in [0, 0.1) is 5.92 Å². The van der Waals surface area contributed by atoms with E-state index in [0.29, 0.717) is 32.0 Å². The van der Waals surface area contributed by atoms with Gasteiger partial charge in [-0.1, -0.05) is 11.6 Å². The van der Waals surface area contributed by atoms with Crippen LogP contribution in [-0.2, 0) is 9.53 Å². The quantitative estimate of drug-likeness (QED) is 0.772. The number of aromatic nitrogens is 1. The highest BCUT2D eigenvalue weighted by Crippen LogP contribution is 2.40. The predicted octanol–water partition coefficient (Wildman–Crippen LogP) is 2.97. The molecule has 1 aromatic heterocycles. The van der Waals surface area contributed by atoms with Crippen molar-refractivity contribution in [1.82, 2.24) is 9.88 Å². The maximum absolute atomic E-state index is 12.5. The van der Waals surface area contributed by atoms with Crippen LogP contribution in [0.15, 0.2) is 36.2 Å².